The highest BCUT2D eigenvalue weighted by molar-refractivity contribution is 5.85. The van der Waals surface area contributed by atoms with E-state index in [-0.39, 0.29) is 24.4 Å². The summed E-state index contributed by atoms with van der Waals surface area (Å²) in [7, 11) is 0. The van der Waals surface area contributed by atoms with E-state index in [4.69, 9.17) is 4.74 Å². The van der Waals surface area contributed by atoms with E-state index in [1.807, 2.05) is 18.2 Å². The lowest BCUT2D eigenvalue weighted by Crippen LogP contribution is -2.49. The van der Waals surface area contributed by atoms with Crippen LogP contribution in [0.25, 0.3) is 0 Å². The van der Waals surface area contributed by atoms with E-state index in [1.54, 1.807) is 0 Å². The number of carbonyl (C=O) groups is 1. The lowest BCUT2D eigenvalue weighted by molar-refractivity contribution is -0.148. The Morgan fingerprint density at radius 2 is 1.77 bits per heavy atom. The van der Waals surface area contributed by atoms with Crippen molar-refractivity contribution in [1.29, 1.82) is 0 Å². The van der Waals surface area contributed by atoms with Crippen LogP contribution in [0.2, 0.25) is 0 Å². The predicted molar refractivity (Wildman–Crippen MR) is 105 cm³/mol. The molecule has 3 heterocycles. The summed E-state index contributed by atoms with van der Waals surface area (Å²) >= 11 is 0. The van der Waals surface area contributed by atoms with Gasteiger partial charge < -0.3 is 15.0 Å². The zero-order valence-electron chi connectivity index (χ0n) is 15.5. The molecule has 1 amide bonds. The maximum absolute atomic E-state index is 13.2. The van der Waals surface area contributed by atoms with E-state index in [9.17, 15) is 4.79 Å². The average Bonchev–Trinajstić information content (AvgIpc) is 2.69. The first-order valence-corrected chi connectivity index (χ1v) is 9.94. The third-order valence-electron chi connectivity index (χ3n) is 6.57. The van der Waals surface area contributed by atoms with Crippen molar-refractivity contribution in [2.24, 2.45) is 11.3 Å². The molecule has 0 aliphatic carbocycles. The van der Waals surface area contributed by atoms with Crippen molar-refractivity contribution in [2.75, 3.05) is 32.8 Å². The van der Waals surface area contributed by atoms with Gasteiger partial charge >= 0.3 is 0 Å². The van der Waals surface area contributed by atoms with Crippen molar-refractivity contribution in [1.82, 2.24) is 10.2 Å². The number of ether oxygens (including phenoxy) is 1. The van der Waals surface area contributed by atoms with Crippen molar-refractivity contribution in [3.05, 3.63) is 35.9 Å². The van der Waals surface area contributed by atoms with Crippen LogP contribution in [0.1, 0.15) is 50.2 Å². The second-order valence-electron chi connectivity index (χ2n) is 8.03. The largest absolute Gasteiger partial charge is 0.373 e. The summed E-state index contributed by atoms with van der Waals surface area (Å²) in [4.78, 5) is 15.4. The van der Waals surface area contributed by atoms with Gasteiger partial charge in [0.15, 0.2) is 0 Å². The van der Waals surface area contributed by atoms with Gasteiger partial charge in [-0.1, -0.05) is 30.3 Å². The zero-order chi connectivity index (χ0) is 17.1. The minimum absolute atomic E-state index is 0. The maximum Gasteiger partial charge on any atom is 0.228 e. The number of nitrogens with one attached hydrogen (secondary N) is 1. The highest BCUT2D eigenvalue weighted by Crippen LogP contribution is 2.41. The molecule has 144 valence electrons. The molecule has 1 aromatic rings. The van der Waals surface area contributed by atoms with Crippen LogP contribution < -0.4 is 5.32 Å². The first kappa shape index (κ1) is 19.7. The summed E-state index contributed by atoms with van der Waals surface area (Å²) in [6.45, 7) is 4.90. The number of rotatable bonds is 2. The molecular weight excluding hydrogens is 348 g/mol. The van der Waals surface area contributed by atoms with E-state index < -0.39 is 0 Å². The van der Waals surface area contributed by atoms with E-state index in [0.29, 0.717) is 11.3 Å². The molecular formula is C21H31ClN2O2. The Balaban J connectivity index is 0.00000196. The molecule has 5 heteroatoms. The fraction of sp³-hybridized carbons (Fsp3) is 0.667. The third-order valence-corrected chi connectivity index (χ3v) is 6.57. The monoisotopic (exact) mass is 378 g/mol. The van der Waals surface area contributed by atoms with Crippen molar-refractivity contribution in [2.45, 2.75) is 44.6 Å². The number of hydrogen-bond acceptors (Lipinski definition) is 3. The van der Waals surface area contributed by atoms with E-state index in [1.165, 1.54) is 25.7 Å². The molecule has 0 saturated carbocycles. The normalized spacial score (nSPS) is 28.4. The Labute approximate surface area is 163 Å². The Morgan fingerprint density at radius 1 is 1.08 bits per heavy atom. The Kier molecular flexibility index (Phi) is 6.60. The Morgan fingerprint density at radius 3 is 2.46 bits per heavy atom. The molecule has 1 N–H and O–H groups in total. The lowest BCUT2D eigenvalue weighted by Gasteiger charge is -2.45. The molecule has 4 rings (SSSR count). The summed E-state index contributed by atoms with van der Waals surface area (Å²) < 4.78 is 6.04. The van der Waals surface area contributed by atoms with Crippen molar-refractivity contribution < 1.29 is 9.53 Å². The van der Waals surface area contributed by atoms with Crippen LogP contribution in [-0.4, -0.2) is 43.6 Å². The Hall–Kier alpha value is -1.10. The lowest BCUT2D eigenvalue weighted by atomic mass is 9.71. The second-order valence-corrected chi connectivity index (χ2v) is 8.03. The van der Waals surface area contributed by atoms with Crippen molar-refractivity contribution >= 4 is 18.3 Å². The fourth-order valence-corrected chi connectivity index (χ4v) is 4.90. The van der Waals surface area contributed by atoms with Crippen LogP contribution in [0.15, 0.2) is 30.3 Å². The fourth-order valence-electron chi connectivity index (χ4n) is 4.90. The molecule has 3 fully saturated rings. The van der Waals surface area contributed by atoms with Gasteiger partial charge in [-0.15, -0.1) is 12.4 Å². The number of hydrogen-bond donors (Lipinski definition) is 1. The minimum Gasteiger partial charge on any atom is -0.373 e. The van der Waals surface area contributed by atoms with Gasteiger partial charge in [0.2, 0.25) is 5.91 Å². The first-order valence-electron chi connectivity index (χ1n) is 9.94. The van der Waals surface area contributed by atoms with Gasteiger partial charge in [0, 0.05) is 19.7 Å². The average molecular weight is 379 g/mol. The summed E-state index contributed by atoms with van der Waals surface area (Å²) in [5.41, 5.74) is 1.64. The summed E-state index contributed by atoms with van der Waals surface area (Å²) in [6.07, 6.45) is 6.75. The quantitative estimate of drug-likeness (QED) is 0.855. The van der Waals surface area contributed by atoms with Crippen LogP contribution in [0, 0.1) is 11.3 Å². The van der Waals surface area contributed by atoms with Gasteiger partial charge in [-0.3, -0.25) is 4.79 Å². The van der Waals surface area contributed by atoms with Crippen molar-refractivity contribution in [3.63, 3.8) is 0 Å². The molecule has 26 heavy (non-hydrogen) atoms. The summed E-state index contributed by atoms with van der Waals surface area (Å²) in [5.74, 6) is 0.301. The molecule has 0 bridgehead atoms. The number of benzene rings is 1. The zero-order valence-corrected chi connectivity index (χ0v) is 16.3. The molecule has 2 atom stereocenters. The number of likely N-dealkylation sites (tertiary alicyclic amines) is 1. The number of nitrogens with zero attached hydrogens (tertiary/aromatic N) is 1. The van der Waals surface area contributed by atoms with Crippen LogP contribution >= 0.6 is 12.4 Å². The van der Waals surface area contributed by atoms with Crippen LogP contribution in [0.5, 0.6) is 0 Å². The smallest absolute Gasteiger partial charge is 0.228 e. The first-order chi connectivity index (χ1) is 12.3. The maximum atomic E-state index is 13.2. The third kappa shape index (κ3) is 4.08. The summed E-state index contributed by atoms with van der Waals surface area (Å²) in [6, 6.07) is 10.3. The van der Waals surface area contributed by atoms with Gasteiger partial charge in [0.25, 0.3) is 0 Å². The van der Waals surface area contributed by atoms with Crippen molar-refractivity contribution in [3.8, 4) is 0 Å². The molecule has 2 unspecified atom stereocenters. The van der Waals surface area contributed by atoms with Gasteiger partial charge in [-0.2, -0.15) is 0 Å². The minimum atomic E-state index is -0.0720. The number of piperidine rings is 2. The molecule has 3 saturated heterocycles. The highest BCUT2D eigenvalue weighted by atomic mass is 35.5. The molecule has 1 aromatic carbocycles. The van der Waals surface area contributed by atoms with E-state index in [2.05, 4.69) is 22.3 Å². The van der Waals surface area contributed by atoms with Gasteiger partial charge in [-0.25, -0.2) is 0 Å². The van der Waals surface area contributed by atoms with Crippen LogP contribution in [0.4, 0.5) is 0 Å². The van der Waals surface area contributed by atoms with Gasteiger partial charge in [0.05, 0.1) is 12.0 Å². The SMILES string of the molecule is Cl.O=C(C1CCCOC1c1ccccc1)N1CCC2(CCNCC2)CC1. The Bertz CT molecular complexity index is 579. The van der Waals surface area contributed by atoms with Gasteiger partial charge in [0.1, 0.15) is 0 Å². The molecule has 3 aliphatic rings. The molecule has 1 spiro atoms. The molecule has 0 radical (unpaired) electrons. The molecule has 3 aliphatic heterocycles. The number of amides is 1. The standard InChI is InChI=1S/C21H30N2O2.ClH/c24-20(23-14-10-21(11-15-23)8-12-22-13-9-21)18-7-4-16-25-19(18)17-5-2-1-3-6-17;/h1-3,5-6,18-19,22H,4,7-16H2;1H. The number of halogens is 1. The van der Waals surface area contributed by atoms with E-state index >= 15 is 0 Å². The topological polar surface area (TPSA) is 41.6 Å². The molecule has 4 nitrogen and oxygen atoms in total. The second kappa shape index (κ2) is 8.73. The summed E-state index contributed by atoms with van der Waals surface area (Å²) in [5, 5.41) is 3.47. The van der Waals surface area contributed by atoms with Crippen LogP contribution in [0.3, 0.4) is 0 Å². The predicted octanol–water partition coefficient (Wildman–Crippen LogP) is 3.57. The highest BCUT2D eigenvalue weighted by Gasteiger charge is 2.40. The van der Waals surface area contributed by atoms with E-state index in [0.717, 1.165) is 51.2 Å². The molecule has 0 aromatic heterocycles. The number of carbonyl (C=O) groups excluding carboxylic acids is 1. The van der Waals surface area contributed by atoms with Crippen LogP contribution in [-0.2, 0) is 9.53 Å². The van der Waals surface area contributed by atoms with Gasteiger partial charge in [-0.05, 0) is 62.6 Å².